The van der Waals surface area contributed by atoms with Crippen LogP contribution in [-0.4, -0.2) is 12.6 Å². The number of ether oxygens (including phenoxy) is 1. The van der Waals surface area contributed by atoms with Gasteiger partial charge in [0.25, 0.3) is 0 Å². The van der Waals surface area contributed by atoms with Gasteiger partial charge in [0.1, 0.15) is 0 Å². The topological polar surface area (TPSA) is 26.3 Å². The van der Waals surface area contributed by atoms with Crippen molar-refractivity contribution in [3.05, 3.63) is 35.4 Å². The number of unbranched alkanes of at least 4 members (excludes halogenated alkanes) is 9. The number of benzene rings is 1. The molecule has 0 fully saturated rings. The van der Waals surface area contributed by atoms with E-state index in [-0.39, 0.29) is 5.97 Å². The fourth-order valence-electron chi connectivity index (χ4n) is 2.62. The number of hydrogen-bond acceptors (Lipinski definition) is 2. The predicted octanol–water partition coefficient (Wildman–Crippen LogP) is 5.75. The minimum absolute atomic E-state index is 0.311. The van der Waals surface area contributed by atoms with Crippen LogP contribution in [0.25, 0.3) is 0 Å². The van der Waals surface area contributed by atoms with Gasteiger partial charge in [-0.2, -0.15) is 0 Å². The molecule has 1 aromatic carbocycles. The van der Waals surface area contributed by atoms with Crippen molar-refractivity contribution in [2.24, 2.45) is 0 Å². The average Bonchev–Trinajstić information content (AvgIpc) is 2.59. The molecule has 23 heavy (non-hydrogen) atoms. The first-order valence-corrected chi connectivity index (χ1v) is 9.02. The third-order valence-corrected chi connectivity index (χ3v) is 4.03. The molecule has 0 N–H and O–H groups in total. The van der Waals surface area contributed by atoms with Crippen LogP contribution in [0.2, 0.25) is 0 Å². The Balaban J connectivity index is 2.03. The minimum atomic E-state index is -0.311. The highest BCUT2D eigenvalue weighted by Gasteiger charge is 2.10. The molecular weight excluding hydrogens is 284 g/mol. The van der Waals surface area contributed by atoms with E-state index in [0.717, 1.165) is 12.8 Å². The van der Waals surface area contributed by atoms with Crippen LogP contribution in [0.15, 0.2) is 24.3 Å². The summed E-state index contributed by atoms with van der Waals surface area (Å²) >= 11 is 0. The summed E-state index contributed by atoms with van der Waals surface area (Å²) in [7, 11) is 0. The normalized spacial score (nSPS) is 10.3. The quantitative estimate of drug-likeness (QED) is 0.279. The molecule has 0 aromatic heterocycles. The van der Waals surface area contributed by atoms with E-state index in [1.165, 1.54) is 51.4 Å². The lowest BCUT2D eigenvalue weighted by Crippen LogP contribution is -2.08. The zero-order chi connectivity index (χ0) is 16.8. The summed E-state index contributed by atoms with van der Waals surface area (Å²) in [5.74, 6) is 2.21. The second-order valence-electron chi connectivity index (χ2n) is 6.01. The molecule has 0 aliphatic carbocycles. The molecule has 126 valence electrons. The van der Waals surface area contributed by atoms with Crippen LogP contribution < -0.4 is 0 Å². The Morgan fingerprint density at radius 2 is 1.52 bits per heavy atom. The van der Waals surface area contributed by atoms with Gasteiger partial charge in [0, 0.05) is 5.56 Å². The Bertz CT molecular complexity index is 485. The Kier molecular flexibility index (Phi) is 10.7. The molecule has 0 heterocycles. The average molecular weight is 314 g/mol. The first-order chi connectivity index (χ1) is 11.3. The molecular formula is C21H30O2. The number of hydrogen-bond donors (Lipinski definition) is 0. The van der Waals surface area contributed by atoms with E-state index < -0.39 is 0 Å². The molecule has 0 atom stereocenters. The number of esters is 1. The van der Waals surface area contributed by atoms with E-state index in [1.54, 1.807) is 18.2 Å². The van der Waals surface area contributed by atoms with E-state index >= 15 is 0 Å². The second kappa shape index (κ2) is 12.8. The summed E-state index contributed by atoms with van der Waals surface area (Å²) in [5.41, 5.74) is 1.09. The predicted molar refractivity (Wildman–Crippen MR) is 96.5 cm³/mol. The van der Waals surface area contributed by atoms with Gasteiger partial charge >= 0.3 is 5.97 Å². The Labute approximate surface area is 141 Å². The molecule has 0 saturated heterocycles. The molecule has 1 rings (SSSR count). The largest absolute Gasteiger partial charge is 0.462 e. The first-order valence-electron chi connectivity index (χ1n) is 9.02. The molecule has 2 heteroatoms. The van der Waals surface area contributed by atoms with Gasteiger partial charge in [-0.05, 0) is 18.6 Å². The fraction of sp³-hybridized carbons (Fsp3) is 0.571. The van der Waals surface area contributed by atoms with E-state index in [9.17, 15) is 4.79 Å². The zero-order valence-corrected chi connectivity index (χ0v) is 14.5. The number of carbonyl (C=O) groups excluding carboxylic acids is 1. The monoisotopic (exact) mass is 314 g/mol. The highest BCUT2D eigenvalue weighted by Crippen LogP contribution is 2.12. The van der Waals surface area contributed by atoms with Crippen LogP contribution in [0.5, 0.6) is 0 Å². The smallest absolute Gasteiger partial charge is 0.339 e. The Hall–Kier alpha value is -1.75. The molecule has 0 bridgehead atoms. The molecule has 1 aromatic rings. The molecule has 0 unspecified atom stereocenters. The first kappa shape index (κ1) is 19.3. The van der Waals surface area contributed by atoms with E-state index in [1.807, 2.05) is 6.07 Å². The Morgan fingerprint density at radius 3 is 2.13 bits per heavy atom. The molecule has 0 spiro atoms. The van der Waals surface area contributed by atoms with E-state index in [4.69, 9.17) is 11.2 Å². The van der Waals surface area contributed by atoms with Crippen molar-refractivity contribution >= 4 is 5.97 Å². The van der Waals surface area contributed by atoms with Crippen LogP contribution in [-0.2, 0) is 4.74 Å². The summed E-state index contributed by atoms with van der Waals surface area (Å²) in [6.45, 7) is 2.73. The van der Waals surface area contributed by atoms with Crippen LogP contribution in [0.1, 0.15) is 87.1 Å². The summed E-state index contributed by atoms with van der Waals surface area (Å²) < 4.78 is 5.31. The maximum Gasteiger partial charge on any atom is 0.339 e. The highest BCUT2D eigenvalue weighted by molar-refractivity contribution is 5.92. The van der Waals surface area contributed by atoms with Crippen molar-refractivity contribution in [3.63, 3.8) is 0 Å². The fourth-order valence-corrected chi connectivity index (χ4v) is 2.62. The van der Waals surface area contributed by atoms with Gasteiger partial charge in [0.15, 0.2) is 0 Å². The van der Waals surface area contributed by atoms with Gasteiger partial charge in [-0.15, -0.1) is 6.42 Å². The summed E-state index contributed by atoms with van der Waals surface area (Å²) in [6.07, 6.45) is 18.1. The zero-order valence-electron chi connectivity index (χ0n) is 14.5. The SMILES string of the molecule is C#Cc1ccccc1C(=O)OCCCCCCCCCCCC. The molecule has 0 saturated carbocycles. The summed E-state index contributed by atoms with van der Waals surface area (Å²) in [6, 6.07) is 7.11. The Morgan fingerprint density at radius 1 is 0.957 bits per heavy atom. The molecule has 0 aliphatic rings. The minimum Gasteiger partial charge on any atom is -0.462 e. The summed E-state index contributed by atoms with van der Waals surface area (Å²) in [4.78, 5) is 12.0. The van der Waals surface area contributed by atoms with Crippen molar-refractivity contribution in [1.82, 2.24) is 0 Å². The van der Waals surface area contributed by atoms with Crippen molar-refractivity contribution in [2.75, 3.05) is 6.61 Å². The molecule has 0 amide bonds. The van der Waals surface area contributed by atoms with Crippen LogP contribution in [0, 0.1) is 12.3 Å². The van der Waals surface area contributed by atoms with Crippen LogP contribution >= 0.6 is 0 Å². The van der Waals surface area contributed by atoms with Gasteiger partial charge in [-0.1, -0.05) is 82.8 Å². The van der Waals surface area contributed by atoms with E-state index in [2.05, 4.69) is 12.8 Å². The maximum absolute atomic E-state index is 12.0. The van der Waals surface area contributed by atoms with Crippen molar-refractivity contribution in [1.29, 1.82) is 0 Å². The van der Waals surface area contributed by atoms with Gasteiger partial charge in [-0.3, -0.25) is 0 Å². The van der Waals surface area contributed by atoms with Crippen LogP contribution in [0.3, 0.4) is 0 Å². The third-order valence-electron chi connectivity index (χ3n) is 4.03. The lowest BCUT2D eigenvalue weighted by molar-refractivity contribution is 0.0497. The molecule has 0 aliphatic heterocycles. The van der Waals surface area contributed by atoms with Crippen molar-refractivity contribution in [3.8, 4) is 12.3 Å². The van der Waals surface area contributed by atoms with Crippen molar-refractivity contribution < 1.29 is 9.53 Å². The standard InChI is InChI=1S/C21H30O2/c1-3-5-6-7-8-9-10-11-12-15-18-23-21(22)20-17-14-13-16-19(20)4-2/h2,13-14,16-17H,3,5-12,15,18H2,1H3. The molecule has 0 radical (unpaired) electrons. The maximum atomic E-state index is 12.0. The highest BCUT2D eigenvalue weighted by atomic mass is 16.5. The third kappa shape index (κ3) is 8.45. The molecule has 2 nitrogen and oxygen atoms in total. The lowest BCUT2D eigenvalue weighted by atomic mass is 10.1. The number of carbonyl (C=O) groups is 1. The van der Waals surface area contributed by atoms with Gasteiger partial charge < -0.3 is 4.74 Å². The van der Waals surface area contributed by atoms with Gasteiger partial charge in [-0.25, -0.2) is 4.79 Å². The van der Waals surface area contributed by atoms with Crippen LogP contribution in [0.4, 0.5) is 0 Å². The second-order valence-corrected chi connectivity index (χ2v) is 6.01. The number of terminal acetylenes is 1. The van der Waals surface area contributed by atoms with E-state index in [0.29, 0.717) is 17.7 Å². The van der Waals surface area contributed by atoms with Crippen molar-refractivity contribution in [2.45, 2.75) is 71.1 Å². The number of rotatable bonds is 12. The lowest BCUT2D eigenvalue weighted by Gasteiger charge is -2.06. The van der Waals surface area contributed by atoms with Gasteiger partial charge in [0.2, 0.25) is 0 Å². The van der Waals surface area contributed by atoms with Gasteiger partial charge in [0.05, 0.1) is 12.2 Å². The summed E-state index contributed by atoms with van der Waals surface area (Å²) in [5, 5.41) is 0.